The maximum atomic E-state index is 13.1. The van der Waals surface area contributed by atoms with Crippen molar-refractivity contribution < 1.29 is 23.0 Å². The molecule has 8 heteroatoms. The lowest BCUT2D eigenvalue weighted by molar-refractivity contribution is -0.141. The fraction of sp³-hybridized carbons (Fsp3) is 0.706. The first kappa shape index (κ1) is 19.9. The highest BCUT2D eigenvalue weighted by atomic mass is 19.4. The van der Waals surface area contributed by atoms with Crippen molar-refractivity contribution in [3.05, 3.63) is 23.4 Å². The second-order valence-corrected chi connectivity index (χ2v) is 6.22. The maximum Gasteiger partial charge on any atom is 0.433 e. The average Bonchev–Trinajstić information content (AvgIpc) is 2.58. The lowest BCUT2D eigenvalue weighted by Crippen LogP contribution is -2.34. The molecular weight excluding hydrogens is 335 g/mol. The predicted octanol–water partition coefficient (Wildman–Crippen LogP) is 2.48. The molecule has 1 aromatic heterocycles. The minimum absolute atomic E-state index is 0.0406. The molecule has 1 aliphatic rings. The lowest BCUT2D eigenvalue weighted by Gasteiger charge is -2.24. The molecule has 1 saturated heterocycles. The predicted molar refractivity (Wildman–Crippen MR) is 88.4 cm³/mol. The summed E-state index contributed by atoms with van der Waals surface area (Å²) in [6.45, 7) is 2.77. The number of rotatable bonds is 9. The van der Waals surface area contributed by atoms with E-state index >= 15 is 0 Å². The highest BCUT2D eigenvalue weighted by Gasteiger charge is 2.33. The summed E-state index contributed by atoms with van der Waals surface area (Å²) in [5.41, 5.74) is -0.413. The van der Waals surface area contributed by atoms with Crippen LogP contribution >= 0.6 is 0 Å². The van der Waals surface area contributed by atoms with Crippen molar-refractivity contribution in [3.8, 4) is 5.88 Å². The third-order valence-corrected chi connectivity index (χ3v) is 4.07. The Morgan fingerprint density at radius 2 is 1.96 bits per heavy atom. The monoisotopic (exact) mass is 361 g/mol. The van der Waals surface area contributed by atoms with Crippen LogP contribution in [-0.4, -0.2) is 42.4 Å². The summed E-state index contributed by atoms with van der Waals surface area (Å²) in [6.07, 6.45) is -0.579. The maximum absolute atomic E-state index is 13.1. The lowest BCUT2D eigenvalue weighted by atomic mass is 10.1. The number of nitrogens with one attached hydrogen (secondary N) is 2. The van der Waals surface area contributed by atoms with Gasteiger partial charge in [-0.3, -0.25) is 0 Å². The summed E-state index contributed by atoms with van der Waals surface area (Å²) in [5.74, 6) is 0.0406. The first-order valence-corrected chi connectivity index (χ1v) is 8.76. The van der Waals surface area contributed by atoms with Gasteiger partial charge in [0.1, 0.15) is 11.8 Å². The number of ether oxygens (including phenoxy) is 1. The topological polar surface area (TPSA) is 66.4 Å². The van der Waals surface area contributed by atoms with Crippen LogP contribution in [-0.2, 0) is 12.7 Å². The molecule has 0 spiro atoms. The molecule has 1 fully saturated rings. The minimum Gasteiger partial charge on any atom is -0.474 e. The minimum atomic E-state index is -4.50. The van der Waals surface area contributed by atoms with Gasteiger partial charge in [-0.25, -0.2) is 4.98 Å². The molecule has 0 saturated carbocycles. The van der Waals surface area contributed by atoms with Crippen LogP contribution in [0.15, 0.2) is 12.1 Å². The number of nitrogens with zero attached hydrogens (tertiary/aromatic N) is 1. The van der Waals surface area contributed by atoms with Gasteiger partial charge in [-0.2, -0.15) is 13.2 Å². The van der Waals surface area contributed by atoms with Crippen LogP contribution in [0, 0.1) is 0 Å². The summed E-state index contributed by atoms with van der Waals surface area (Å²) >= 11 is 0. The summed E-state index contributed by atoms with van der Waals surface area (Å²) < 4.78 is 44.9. The molecule has 142 valence electrons. The van der Waals surface area contributed by atoms with E-state index in [-0.39, 0.29) is 18.6 Å². The third kappa shape index (κ3) is 7.17. The van der Waals surface area contributed by atoms with E-state index in [0.717, 1.165) is 51.3 Å². The zero-order valence-corrected chi connectivity index (χ0v) is 14.2. The number of alkyl halides is 3. The van der Waals surface area contributed by atoms with Crippen LogP contribution < -0.4 is 15.4 Å². The molecule has 0 bridgehead atoms. The normalized spacial score (nSPS) is 16.2. The Morgan fingerprint density at radius 3 is 2.64 bits per heavy atom. The SMILES string of the molecule is OCCCCCNCc1cc(OC2CCNCC2)nc(C(F)(F)F)c1. The van der Waals surface area contributed by atoms with Crippen molar-refractivity contribution in [1.29, 1.82) is 0 Å². The highest BCUT2D eigenvalue weighted by Crippen LogP contribution is 2.30. The Labute approximate surface area is 146 Å². The fourth-order valence-electron chi connectivity index (χ4n) is 2.72. The van der Waals surface area contributed by atoms with Crippen molar-refractivity contribution in [3.63, 3.8) is 0 Å². The molecule has 0 aromatic carbocycles. The van der Waals surface area contributed by atoms with Gasteiger partial charge in [0.2, 0.25) is 5.88 Å². The van der Waals surface area contributed by atoms with Crippen molar-refractivity contribution in [2.75, 3.05) is 26.2 Å². The molecular formula is C17H26F3N3O2. The summed E-state index contributed by atoms with van der Waals surface area (Å²) in [7, 11) is 0. The van der Waals surface area contributed by atoms with E-state index in [0.29, 0.717) is 18.7 Å². The molecule has 3 N–H and O–H groups in total. The van der Waals surface area contributed by atoms with E-state index in [1.807, 2.05) is 0 Å². The van der Waals surface area contributed by atoms with Crippen LogP contribution in [0.4, 0.5) is 13.2 Å². The summed E-state index contributed by atoms with van der Waals surface area (Å²) in [5, 5.41) is 15.0. The molecule has 0 unspecified atom stereocenters. The van der Waals surface area contributed by atoms with Gasteiger partial charge in [0.25, 0.3) is 0 Å². The van der Waals surface area contributed by atoms with Gasteiger partial charge in [-0.15, -0.1) is 0 Å². The highest BCUT2D eigenvalue weighted by molar-refractivity contribution is 5.27. The Kier molecular flexibility index (Phi) is 7.92. The van der Waals surface area contributed by atoms with Crippen LogP contribution in [0.1, 0.15) is 43.4 Å². The summed E-state index contributed by atoms with van der Waals surface area (Å²) in [6, 6.07) is 2.65. The van der Waals surface area contributed by atoms with E-state index < -0.39 is 11.9 Å². The molecule has 2 heterocycles. The molecule has 0 amide bonds. The van der Waals surface area contributed by atoms with Gasteiger partial charge in [0.15, 0.2) is 0 Å². The van der Waals surface area contributed by atoms with E-state index in [1.165, 1.54) is 0 Å². The van der Waals surface area contributed by atoms with Crippen LogP contribution in [0.5, 0.6) is 5.88 Å². The molecule has 0 aliphatic carbocycles. The number of piperidine rings is 1. The smallest absolute Gasteiger partial charge is 0.433 e. The number of unbranched alkanes of at least 4 members (excludes halogenated alkanes) is 2. The van der Waals surface area contributed by atoms with Crippen LogP contribution in [0.3, 0.4) is 0 Å². The molecule has 2 rings (SSSR count). The Morgan fingerprint density at radius 1 is 1.20 bits per heavy atom. The fourth-order valence-corrected chi connectivity index (χ4v) is 2.72. The molecule has 25 heavy (non-hydrogen) atoms. The van der Waals surface area contributed by atoms with Crippen LogP contribution in [0.2, 0.25) is 0 Å². The first-order valence-electron chi connectivity index (χ1n) is 8.76. The Balaban J connectivity index is 1.98. The van der Waals surface area contributed by atoms with Crippen molar-refractivity contribution in [2.45, 2.75) is 50.9 Å². The van der Waals surface area contributed by atoms with Gasteiger partial charge in [-0.1, -0.05) is 0 Å². The van der Waals surface area contributed by atoms with E-state index in [1.54, 1.807) is 6.07 Å². The number of hydrogen-bond acceptors (Lipinski definition) is 5. The number of aromatic nitrogens is 1. The van der Waals surface area contributed by atoms with E-state index in [2.05, 4.69) is 15.6 Å². The second kappa shape index (κ2) is 9.94. The molecule has 0 atom stereocenters. The zero-order chi connectivity index (χ0) is 18.1. The number of aliphatic hydroxyl groups is 1. The van der Waals surface area contributed by atoms with Gasteiger partial charge >= 0.3 is 6.18 Å². The second-order valence-electron chi connectivity index (χ2n) is 6.22. The van der Waals surface area contributed by atoms with Gasteiger partial charge in [0.05, 0.1) is 0 Å². The van der Waals surface area contributed by atoms with E-state index in [4.69, 9.17) is 9.84 Å². The Bertz CT molecular complexity index is 520. The number of halogens is 3. The largest absolute Gasteiger partial charge is 0.474 e. The van der Waals surface area contributed by atoms with Gasteiger partial charge in [0, 0.05) is 19.2 Å². The first-order chi connectivity index (χ1) is 12.0. The average molecular weight is 361 g/mol. The molecule has 1 aromatic rings. The van der Waals surface area contributed by atoms with Crippen molar-refractivity contribution >= 4 is 0 Å². The van der Waals surface area contributed by atoms with Crippen molar-refractivity contribution in [1.82, 2.24) is 15.6 Å². The zero-order valence-electron chi connectivity index (χ0n) is 14.2. The standard InChI is InChI=1S/C17H26F3N3O2/c18-17(19,20)15-10-13(12-22-6-2-1-3-9-24)11-16(23-15)25-14-4-7-21-8-5-14/h10-11,14,21-22,24H,1-9,12H2. The Hall–Kier alpha value is -1.38. The van der Waals surface area contributed by atoms with Gasteiger partial charge in [-0.05, 0) is 63.4 Å². The summed E-state index contributed by atoms with van der Waals surface area (Å²) in [4.78, 5) is 3.64. The number of aliphatic hydroxyl groups excluding tert-OH is 1. The third-order valence-electron chi connectivity index (χ3n) is 4.07. The quantitative estimate of drug-likeness (QED) is 0.590. The number of pyridine rings is 1. The molecule has 1 aliphatic heterocycles. The van der Waals surface area contributed by atoms with Crippen molar-refractivity contribution in [2.24, 2.45) is 0 Å². The molecule has 0 radical (unpaired) electrons. The molecule has 5 nitrogen and oxygen atoms in total. The van der Waals surface area contributed by atoms with E-state index in [9.17, 15) is 13.2 Å². The van der Waals surface area contributed by atoms with Crippen LogP contribution in [0.25, 0.3) is 0 Å². The number of hydrogen-bond donors (Lipinski definition) is 3. The van der Waals surface area contributed by atoms with Gasteiger partial charge < -0.3 is 20.5 Å².